The van der Waals surface area contributed by atoms with Gasteiger partial charge >= 0.3 is 19.4 Å². The summed E-state index contributed by atoms with van der Waals surface area (Å²) < 4.78 is 37.3. The van der Waals surface area contributed by atoms with Crippen LogP contribution in [-0.4, -0.2) is 57.6 Å². The number of aliphatic hydroxyl groups is 1. The van der Waals surface area contributed by atoms with E-state index in [-0.39, 0.29) is 23.6 Å². The van der Waals surface area contributed by atoms with E-state index >= 15 is 0 Å². The first kappa shape index (κ1) is 29.8. The molecule has 1 fully saturated rings. The van der Waals surface area contributed by atoms with E-state index in [9.17, 15) is 19.3 Å². The van der Waals surface area contributed by atoms with Gasteiger partial charge in [-0.3, -0.25) is 13.9 Å². The Morgan fingerprint density at radius 3 is 2.58 bits per heavy atom. The number of carbonyl (C=O) groups excluding carboxylic acids is 1. The van der Waals surface area contributed by atoms with Gasteiger partial charge in [-0.15, -0.1) is 0 Å². The number of carbonyl (C=O) groups is 1. The minimum atomic E-state index is -4.22. The van der Waals surface area contributed by atoms with E-state index in [1.807, 2.05) is 20.8 Å². The van der Waals surface area contributed by atoms with E-state index in [1.165, 1.54) is 26.1 Å². The number of nitrogen functional groups attached to an aromatic ring is 1. The van der Waals surface area contributed by atoms with Gasteiger partial charge in [0.2, 0.25) is 0 Å². The molecule has 0 saturated carbocycles. The molecular formula is C24H36N5O8P. The fraction of sp³-hybridized carbons (Fsp3) is 0.542. The average Bonchev–Trinajstić information content (AvgIpc) is 3.04. The third kappa shape index (κ3) is 7.40. The maximum atomic E-state index is 13.8. The number of nitrogens with zero attached hydrogens (tertiary/aromatic N) is 2. The topological polar surface area (TPSA) is 190 Å². The second kappa shape index (κ2) is 11.5. The Balaban J connectivity index is 1.77. The van der Waals surface area contributed by atoms with E-state index in [2.05, 4.69) is 10.1 Å². The van der Waals surface area contributed by atoms with Crippen LogP contribution in [0, 0.1) is 5.41 Å². The summed E-state index contributed by atoms with van der Waals surface area (Å²) in [6.45, 7) is 8.38. The molecule has 13 nitrogen and oxygen atoms in total. The molecule has 2 unspecified atom stereocenters. The standard InChI is InChI=1S/C24H36N5O8P/c1-15(20(31)34-14-23(2,3)4)28-38(33,37-16-9-7-6-8-10-16)35-13-17-19(30)24(5,26)21(36-17)29-12-11-18(25)27-22(29)32/h6-12,15,17,19,21,30H,13-14,26H2,1-5H3,(H,28,33)(H2,25,27,32)/t15-,17+,19?,21+,24+,38?/m0/s1. The molecule has 1 aromatic carbocycles. The van der Waals surface area contributed by atoms with Gasteiger partial charge in [0.1, 0.15) is 29.8 Å². The summed E-state index contributed by atoms with van der Waals surface area (Å²) in [5.74, 6) is -0.418. The van der Waals surface area contributed by atoms with Crippen LogP contribution in [0.25, 0.3) is 0 Å². The number of benzene rings is 1. The molecule has 1 saturated heterocycles. The van der Waals surface area contributed by atoms with Crippen molar-refractivity contribution in [3.05, 3.63) is 53.1 Å². The number of aromatic nitrogens is 2. The molecule has 0 aliphatic carbocycles. The lowest BCUT2D eigenvalue weighted by Gasteiger charge is -2.28. The minimum absolute atomic E-state index is 0.0172. The number of rotatable bonds is 10. The van der Waals surface area contributed by atoms with Gasteiger partial charge in [0, 0.05) is 6.20 Å². The van der Waals surface area contributed by atoms with Crippen molar-refractivity contribution in [2.75, 3.05) is 18.9 Å². The lowest BCUT2D eigenvalue weighted by Crippen LogP contribution is -2.53. The van der Waals surface area contributed by atoms with Gasteiger partial charge in [-0.05, 0) is 37.5 Å². The quantitative estimate of drug-likeness (QED) is 0.246. The second-order valence-electron chi connectivity index (χ2n) is 10.6. The van der Waals surface area contributed by atoms with Gasteiger partial charge in [-0.2, -0.15) is 10.1 Å². The number of hydrogen-bond donors (Lipinski definition) is 4. The van der Waals surface area contributed by atoms with Crippen LogP contribution in [-0.2, 0) is 23.4 Å². The SMILES string of the molecule is C[C@H](NP(=O)(OC[C@H]1O[C@@H](n2ccc(N)nc2=O)[C@](C)(N)C1O)Oc1ccccc1)C(=O)OCC(C)(C)C. The molecule has 2 heterocycles. The summed E-state index contributed by atoms with van der Waals surface area (Å²) in [6.07, 6.45) is -2.22. The smallest absolute Gasteiger partial charge is 0.459 e. The molecule has 0 spiro atoms. The van der Waals surface area contributed by atoms with E-state index < -0.39 is 56.0 Å². The summed E-state index contributed by atoms with van der Waals surface area (Å²) in [5, 5.41) is 13.5. The Morgan fingerprint density at radius 2 is 1.97 bits per heavy atom. The third-order valence-electron chi connectivity index (χ3n) is 5.66. The van der Waals surface area contributed by atoms with Crippen LogP contribution < -0.4 is 26.8 Å². The van der Waals surface area contributed by atoms with Gasteiger partial charge in [-0.1, -0.05) is 39.0 Å². The molecule has 2 aromatic rings. The predicted molar refractivity (Wildman–Crippen MR) is 139 cm³/mol. The Labute approximate surface area is 221 Å². The van der Waals surface area contributed by atoms with Crippen molar-refractivity contribution in [1.29, 1.82) is 0 Å². The van der Waals surface area contributed by atoms with Crippen molar-refractivity contribution in [2.45, 2.75) is 64.6 Å². The first-order valence-corrected chi connectivity index (χ1v) is 13.6. The first-order chi connectivity index (χ1) is 17.6. The van der Waals surface area contributed by atoms with Crippen LogP contribution in [0.3, 0.4) is 0 Å². The van der Waals surface area contributed by atoms with Crippen LogP contribution in [0.1, 0.15) is 40.8 Å². The highest BCUT2D eigenvalue weighted by molar-refractivity contribution is 7.52. The normalized spacial score (nSPS) is 25.9. The molecule has 1 aliphatic heterocycles. The number of para-hydroxylation sites is 1. The summed E-state index contributed by atoms with van der Waals surface area (Å²) >= 11 is 0. The van der Waals surface area contributed by atoms with Gasteiger partial charge in [0.15, 0.2) is 6.23 Å². The molecule has 0 radical (unpaired) electrons. The number of ether oxygens (including phenoxy) is 2. The van der Waals surface area contributed by atoms with E-state index in [1.54, 1.807) is 30.3 Å². The van der Waals surface area contributed by atoms with Crippen molar-refractivity contribution in [2.24, 2.45) is 11.1 Å². The van der Waals surface area contributed by atoms with E-state index in [0.717, 1.165) is 4.57 Å². The van der Waals surface area contributed by atoms with Gasteiger partial charge < -0.3 is 30.6 Å². The maximum absolute atomic E-state index is 13.8. The van der Waals surface area contributed by atoms with Gasteiger partial charge in [-0.25, -0.2) is 9.36 Å². The van der Waals surface area contributed by atoms with Crippen molar-refractivity contribution in [1.82, 2.24) is 14.6 Å². The number of nitrogens with two attached hydrogens (primary N) is 2. The fourth-order valence-electron chi connectivity index (χ4n) is 3.62. The number of hydrogen-bond acceptors (Lipinski definition) is 11. The number of esters is 1. The summed E-state index contributed by atoms with van der Waals surface area (Å²) in [6, 6.07) is 8.55. The third-order valence-corrected chi connectivity index (χ3v) is 7.30. The molecule has 38 heavy (non-hydrogen) atoms. The molecule has 14 heteroatoms. The molecule has 6 atom stereocenters. The lowest BCUT2D eigenvalue weighted by atomic mass is 9.93. The number of aliphatic hydroxyl groups excluding tert-OH is 1. The second-order valence-corrected chi connectivity index (χ2v) is 12.3. The highest BCUT2D eigenvalue weighted by atomic mass is 31.2. The molecular weight excluding hydrogens is 517 g/mol. The van der Waals surface area contributed by atoms with Gasteiger partial charge in [0.25, 0.3) is 0 Å². The Kier molecular flexibility index (Phi) is 9.02. The molecule has 6 N–H and O–H groups in total. The zero-order chi connectivity index (χ0) is 28.3. The number of nitrogens with one attached hydrogen (secondary N) is 1. The zero-order valence-corrected chi connectivity index (χ0v) is 23.0. The summed E-state index contributed by atoms with van der Waals surface area (Å²) in [5.41, 5.74) is 9.45. The average molecular weight is 554 g/mol. The summed E-state index contributed by atoms with van der Waals surface area (Å²) in [4.78, 5) is 28.5. The Hall–Kier alpha value is -2.80. The molecule has 3 rings (SSSR count). The highest BCUT2D eigenvalue weighted by Gasteiger charge is 2.52. The van der Waals surface area contributed by atoms with Crippen LogP contribution in [0.4, 0.5) is 5.82 Å². The van der Waals surface area contributed by atoms with Gasteiger partial charge in [0.05, 0.1) is 18.8 Å². The monoisotopic (exact) mass is 553 g/mol. The van der Waals surface area contributed by atoms with Crippen LogP contribution >= 0.6 is 7.75 Å². The van der Waals surface area contributed by atoms with Crippen LogP contribution in [0.5, 0.6) is 5.75 Å². The molecule has 210 valence electrons. The van der Waals surface area contributed by atoms with E-state index in [4.69, 9.17) is 30.0 Å². The van der Waals surface area contributed by atoms with Crippen LogP contribution in [0.15, 0.2) is 47.4 Å². The maximum Gasteiger partial charge on any atom is 0.459 e. The molecule has 0 amide bonds. The predicted octanol–water partition coefficient (Wildman–Crippen LogP) is 1.57. The molecule has 1 aliphatic rings. The lowest BCUT2D eigenvalue weighted by molar-refractivity contribution is -0.148. The molecule has 0 bridgehead atoms. The fourth-order valence-corrected chi connectivity index (χ4v) is 5.12. The zero-order valence-electron chi connectivity index (χ0n) is 22.1. The minimum Gasteiger partial charge on any atom is -0.464 e. The Bertz CT molecular complexity index is 1220. The molecule has 1 aromatic heterocycles. The number of anilines is 1. The van der Waals surface area contributed by atoms with Crippen LogP contribution in [0.2, 0.25) is 0 Å². The van der Waals surface area contributed by atoms with Crippen molar-refractivity contribution in [3.63, 3.8) is 0 Å². The largest absolute Gasteiger partial charge is 0.464 e. The van der Waals surface area contributed by atoms with Crippen molar-refractivity contribution < 1.29 is 33.0 Å². The Morgan fingerprint density at radius 1 is 1.32 bits per heavy atom. The van der Waals surface area contributed by atoms with E-state index in [0.29, 0.717) is 0 Å². The highest BCUT2D eigenvalue weighted by Crippen LogP contribution is 2.46. The summed E-state index contributed by atoms with van der Waals surface area (Å²) in [7, 11) is -4.22. The first-order valence-electron chi connectivity index (χ1n) is 12.0. The van der Waals surface area contributed by atoms with Crippen molar-refractivity contribution in [3.8, 4) is 5.75 Å². The van der Waals surface area contributed by atoms with Crippen molar-refractivity contribution >= 4 is 19.5 Å².